The summed E-state index contributed by atoms with van der Waals surface area (Å²) >= 11 is 0. The molecule has 0 bridgehead atoms. The Labute approximate surface area is 152 Å². The molecule has 140 valence electrons. The molecule has 0 unspecified atom stereocenters. The van der Waals surface area contributed by atoms with Gasteiger partial charge in [-0.1, -0.05) is 18.5 Å². The van der Waals surface area contributed by atoms with Crippen molar-refractivity contribution in [1.82, 2.24) is 15.5 Å². The molecule has 0 saturated heterocycles. The fourth-order valence-corrected chi connectivity index (χ4v) is 3.06. The number of hydrogen-bond donors (Lipinski definition) is 2. The van der Waals surface area contributed by atoms with Gasteiger partial charge in [-0.15, -0.1) is 0 Å². The van der Waals surface area contributed by atoms with E-state index in [2.05, 4.69) is 15.5 Å². The number of fused-ring (bicyclic) bond motifs is 1. The lowest BCUT2D eigenvalue weighted by Crippen LogP contribution is -2.43. The second-order valence-electron chi connectivity index (χ2n) is 7.66. The molecule has 7 nitrogen and oxygen atoms in total. The van der Waals surface area contributed by atoms with Crippen LogP contribution in [0.1, 0.15) is 80.5 Å². The van der Waals surface area contributed by atoms with Crippen molar-refractivity contribution in [3.8, 4) is 0 Å². The molecule has 1 aliphatic rings. The van der Waals surface area contributed by atoms with Gasteiger partial charge in [0.2, 0.25) is 0 Å². The molecule has 1 aliphatic carbocycles. The molecule has 0 radical (unpaired) electrons. The molecule has 2 heterocycles. The van der Waals surface area contributed by atoms with Crippen LogP contribution in [0, 0.1) is 0 Å². The van der Waals surface area contributed by atoms with Crippen molar-refractivity contribution in [2.24, 2.45) is 0 Å². The van der Waals surface area contributed by atoms with Crippen LogP contribution < -0.4 is 5.32 Å². The maximum atomic E-state index is 13.0. The van der Waals surface area contributed by atoms with E-state index < -0.39 is 11.5 Å². The van der Waals surface area contributed by atoms with Crippen LogP contribution in [0.15, 0.2) is 10.6 Å². The molecule has 1 amide bonds. The highest BCUT2D eigenvalue weighted by Gasteiger charge is 2.30. The zero-order valence-corrected chi connectivity index (χ0v) is 15.5. The average Bonchev–Trinajstić information content (AvgIpc) is 3.35. The van der Waals surface area contributed by atoms with Crippen LogP contribution in [0.2, 0.25) is 0 Å². The Morgan fingerprint density at radius 2 is 2.12 bits per heavy atom. The van der Waals surface area contributed by atoms with E-state index in [1.54, 1.807) is 0 Å². The predicted octanol–water partition coefficient (Wildman–Crippen LogP) is 3.43. The largest absolute Gasteiger partial charge is 0.481 e. The lowest BCUT2D eigenvalue weighted by molar-refractivity contribution is -0.137. The third-order valence-electron chi connectivity index (χ3n) is 4.68. The topological polar surface area (TPSA) is 105 Å². The van der Waals surface area contributed by atoms with Crippen molar-refractivity contribution in [1.29, 1.82) is 0 Å². The quantitative estimate of drug-likeness (QED) is 0.748. The lowest BCUT2D eigenvalue weighted by Gasteiger charge is -2.26. The molecule has 0 spiro atoms. The molecular weight excluding hydrogens is 334 g/mol. The number of carbonyl (C=O) groups excluding carboxylic acids is 1. The van der Waals surface area contributed by atoms with Crippen LogP contribution in [0.3, 0.4) is 0 Å². The summed E-state index contributed by atoms with van der Waals surface area (Å²) in [4.78, 5) is 28.4. The zero-order valence-electron chi connectivity index (χ0n) is 15.5. The van der Waals surface area contributed by atoms with Crippen LogP contribution in [0.4, 0.5) is 0 Å². The van der Waals surface area contributed by atoms with Crippen LogP contribution in [0.25, 0.3) is 11.1 Å². The fraction of sp³-hybridized carbons (Fsp3) is 0.579. The number of hydrogen-bond acceptors (Lipinski definition) is 5. The number of aryl methyl sites for hydroxylation is 1. The normalized spacial score (nSPS) is 14.6. The van der Waals surface area contributed by atoms with Gasteiger partial charge < -0.3 is 14.9 Å². The van der Waals surface area contributed by atoms with Gasteiger partial charge in [-0.25, -0.2) is 4.98 Å². The first-order valence-corrected chi connectivity index (χ1v) is 9.14. The molecule has 3 rings (SSSR count). The third-order valence-corrected chi connectivity index (χ3v) is 4.68. The first-order chi connectivity index (χ1) is 12.3. The van der Waals surface area contributed by atoms with Crippen LogP contribution in [0.5, 0.6) is 0 Å². The van der Waals surface area contributed by atoms with E-state index in [-0.39, 0.29) is 12.3 Å². The highest BCUT2D eigenvalue weighted by molar-refractivity contribution is 6.06. The van der Waals surface area contributed by atoms with Crippen molar-refractivity contribution in [3.05, 3.63) is 23.0 Å². The number of aromatic nitrogens is 2. The minimum absolute atomic E-state index is 0.000705. The Hall–Kier alpha value is -2.44. The Morgan fingerprint density at radius 3 is 2.73 bits per heavy atom. The zero-order chi connectivity index (χ0) is 18.9. The Morgan fingerprint density at radius 1 is 1.38 bits per heavy atom. The minimum atomic E-state index is -0.876. The maximum Gasteiger partial charge on any atom is 0.303 e. The fourth-order valence-electron chi connectivity index (χ4n) is 3.06. The van der Waals surface area contributed by atoms with E-state index in [1.807, 2.05) is 26.8 Å². The molecule has 1 saturated carbocycles. The third kappa shape index (κ3) is 4.03. The van der Waals surface area contributed by atoms with E-state index >= 15 is 0 Å². The summed E-state index contributed by atoms with van der Waals surface area (Å²) in [5.74, 6) is -0.736. The Balaban J connectivity index is 1.94. The van der Waals surface area contributed by atoms with Gasteiger partial charge in [0.05, 0.1) is 16.6 Å². The Kier molecular flexibility index (Phi) is 4.98. The molecule has 2 aromatic heterocycles. The SMILES string of the molecule is CCCc1noc2nc(C3CC3)cc(C(=O)NC(C)(C)CCC(=O)O)c12. The molecule has 0 aliphatic heterocycles. The molecule has 2 aromatic rings. The summed E-state index contributed by atoms with van der Waals surface area (Å²) in [6, 6.07) is 1.85. The van der Waals surface area contributed by atoms with Crippen LogP contribution in [-0.2, 0) is 11.2 Å². The smallest absolute Gasteiger partial charge is 0.303 e. The van der Waals surface area contributed by atoms with Gasteiger partial charge >= 0.3 is 5.97 Å². The van der Waals surface area contributed by atoms with Gasteiger partial charge in [-0.05, 0) is 45.6 Å². The summed E-state index contributed by atoms with van der Waals surface area (Å²) in [6.45, 7) is 5.70. The van der Waals surface area contributed by atoms with Gasteiger partial charge in [0.1, 0.15) is 0 Å². The van der Waals surface area contributed by atoms with E-state index in [9.17, 15) is 9.59 Å². The number of amides is 1. The van der Waals surface area contributed by atoms with Crippen molar-refractivity contribution in [3.63, 3.8) is 0 Å². The van der Waals surface area contributed by atoms with E-state index in [0.717, 1.165) is 30.7 Å². The number of nitrogens with one attached hydrogen (secondary N) is 1. The number of rotatable bonds is 8. The van der Waals surface area contributed by atoms with Crippen molar-refractivity contribution in [2.75, 3.05) is 0 Å². The van der Waals surface area contributed by atoms with Gasteiger partial charge in [0.15, 0.2) is 0 Å². The molecule has 0 atom stereocenters. The van der Waals surface area contributed by atoms with E-state index in [1.165, 1.54) is 0 Å². The number of pyridine rings is 1. The highest BCUT2D eigenvalue weighted by atomic mass is 16.5. The molecule has 26 heavy (non-hydrogen) atoms. The van der Waals surface area contributed by atoms with Crippen molar-refractivity contribution in [2.45, 2.75) is 70.8 Å². The molecule has 2 N–H and O–H groups in total. The number of nitrogens with zero attached hydrogens (tertiary/aromatic N) is 2. The number of carbonyl (C=O) groups is 2. The van der Waals surface area contributed by atoms with E-state index in [0.29, 0.717) is 35.4 Å². The van der Waals surface area contributed by atoms with Gasteiger partial charge in [-0.3, -0.25) is 9.59 Å². The lowest BCUT2D eigenvalue weighted by atomic mass is 9.97. The standard InChI is InChI=1S/C19H25N3O4/c1-4-5-13-16-12(17(25)21-19(2,3)9-8-15(23)24)10-14(11-6-7-11)20-18(16)26-22-13/h10-11H,4-9H2,1-3H3,(H,21,25)(H,23,24). The second kappa shape index (κ2) is 7.05. The molecule has 0 aromatic carbocycles. The highest BCUT2D eigenvalue weighted by Crippen LogP contribution is 2.40. The van der Waals surface area contributed by atoms with Crippen molar-refractivity contribution < 1.29 is 19.2 Å². The van der Waals surface area contributed by atoms with E-state index in [4.69, 9.17) is 9.63 Å². The first kappa shape index (κ1) is 18.4. The number of carboxylic acids is 1. The molecular formula is C19H25N3O4. The van der Waals surface area contributed by atoms with Gasteiger partial charge in [-0.2, -0.15) is 0 Å². The summed E-state index contributed by atoms with van der Waals surface area (Å²) in [5, 5.41) is 16.6. The summed E-state index contributed by atoms with van der Waals surface area (Å²) in [5.41, 5.74) is 1.90. The maximum absolute atomic E-state index is 13.0. The summed E-state index contributed by atoms with van der Waals surface area (Å²) < 4.78 is 5.40. The molecule has 1 fully saturated rings. The van der Waals surface area contributed by atoms with Gasteiger partial charge in [0, 0.05) is 23.6 Å². The monoisotopic (exact) mass is 359 g/mol. The van der Waals surface area contributed by atoms with Crippen LogP contribution in [-0.4, -0.2) is 32.7 Å². The van der Waals surface area contributed by atoms with Gasteiger partial charge in [0.25, 0.3) is 11.6 Å². The number of carboxylic acid groups (broad SMARTS) is 1. The average molecular weight is 359 g/mol. The summed E-state index contributed by atoms with van der Waals surface area (Å²) in [6.07, 6.45) is 4.08. The van der Waals surface area contributed by atoms with Crippen LogP contribution >= 0.6 is 0 Å². The predicted molar refractivity (Wildman–Crippen MR) is 96.2 cm³/mol. The minimum Gasteiger partial charge on any atom is -0.481 e. The van der Waals surface area contributed by atoms with Crippen molar-refractivity contribution >= 4 is 23.0 Å². The molecule has 7 heteroatoms. The first-order valence-electron chi connectivity index (χ1n) is 9.14. The summed E-state index contributed by atoms with van der Waals surface area (Å²) in [7, 11) is 0. The second-order valence-corrected chi connectivity index (χ2v) is 7.66. The Bertz CT molecular complexity index is 837. The number of aliphatic carboxylic acids is 1.